The van der Waals surface area contributed by atoms with Gasteiger partial charge in [-0.2, -0.15) is 17.5 Å². The van der Waals surface area contributed by atoms with Crippen molar-refractivity contribution in [3.05, 3.63) is 15.8 Å². The van der Waals surface area contributed by atoms with Gasteiger partial charge < -0.3 is 5.11 Å². The topological polar surface area (TPSA) is 74.7 Å². The number of nitrogens with zero attached hydrogens (tertiary/aromatic N) is 1. The van der Waals surface area contributed by atoms with Crippen molar-refractivity contribution in [3.63, 3.8) is 0 Å². The normalized spacial score (nSPS) is 12.9. The third kappa shape index (κ3) is 3.67. The number of carboxylic acids is 1. The van der Waals surface area contributed by atoms with E-state index in [2.05, 4.69) is 0 Å². The molecule has 0 aliphatic rings. The summed E-state index contributed by atoms with van der Waals surface area (Å²) in [7, 11) is -3.56. The Morgan fingerprint density at radius 1 is 1.47 bits per heavy atom. The number of aryl methyl sites for hydroxylation is 1. The molecule has 0 aliphatic heterocycles. The van der Waals surface area contributed by atoms with Gasteiger partial charge in [-0.1, -0.05) is 0 Å². The van der Waals surface area contributed by atoms with Crippen LogP contribution in [0.2, 0.25) is 0 Å². The number of carboxylic acid groups (broad SMARTS) is 1. The second kappa shape index (κ2) is 5.10. The van der Waals surface area contributed by atoms with E-state index < -0.39 is 33.6 Å². The SMILES string of the molecule is Cc1sc(C(=O)O)cc1S(=O)(=O)N(C)CC(F)(F)F. The zero-order chi connectivity index (χ0) is 15.0. The fraction of sp³-hybridized carbons (Fsp3) is 0.444. The van der Waals surface area contributed by atoms with Gasteiger partial charge in [-0.15, -0.1) is 11.3 Å². The van der Waals surface area contributed by atoms with Crippen LogP contribution < -0.4 is 0 Å². The predicted octanol–water partition coefficient (Wildman–Crippen LogP) is 1.94. The molecule has 0 aromatic carbocycles. The molecule has 0 unspecified atom stereocenters. The van der Waals surface area contributed by atoms with E-state index >= 15 is 0 Å². The Morgan fingerprint density at radius 2 is 2.00 bits per heavy atom. The summed E-state index contributed by atoms with van der Waals surface area (Å²) in [6.07, 6.45) is -4.67. The van der Waals surface area contributed by atoms with E-state index in [-0.39, 0.29) is 14.1 Å². The molecule has 5 nitrogen and oxygen atoms in total. The second-order valence-corrected chi connectivity index (χ2v) is 6.98. The van der Waals surface area contributed by atoms with Crippen molar-refractivity contribution in [3.8, 4) is 0 Å². The predicted molar refractivity (Wildman–Crippen MR) is 61.9 cm³/mol. The highest BCUT2D eigenvalue weighted by Crippen LogP contribution is 2.29. The fourth-order valence-corrected chi connectivity index (χ4v) is 3.88. The maximum Gasteiger partial charge on any atom is 0.402 e. The number of halogens is 3. The van der Waals surface area contributed by atoms with Crippen LogP contribution in [0.4, 0.5) is 13.2 Å². The van der Waals surface area contributed by atoms with Crippen molar-refractivity contribution in [2.75, 3.05) is 13.6 Å². The molecule has 1 aromatic heterocycles. The summed E-state index contributed by atoms with van der Waals surface area (Å²) in [5.74, 6) is -1.33. The van der Waals surface area contributed by atoms with Crippen LogP contribution >= 0.6 is 11.3 Å². The molecule has 0 saturated heterocycles. The average molecular weight is 317 g/mol. The Labute approximate surface area is 111 Å². The second-order valence-electron chi connectivity index (χ2n) is 3.71. The Kier molecular flexibility index (Phi) is 4.27. The molecule has 0 spiro atoms. The molecule has 0 atom stereocenters. The Hall–Kier alpha value is -1.13. The fourth-order valence-electron chi connectivity index (χ4n) is 1.33. The molecule has 10 heteroatoms. The van der Waals surface area contributed by atoms with Gasteiger partial charge in [-0.05, 0) is 13.0 Å². The minimum atomic E-state index is -4.67. The molecule has 0 aliphatic carbocycles. The maximum absolute atomic E-state index is 12.2. The van der Waals surface area contributed by atoms with Crippen LogP contribution in [-0.4, -0.2) is 43.6 Å². The average Bonchev–Trinajstić information content (AvgIpc) is 2.58. The smallest absolute Gasteiger partial charge is 0.402 e. The molecule has 1 rings (SSSR count). The number of sulfonamides is 1. The minimum absolute atomic E-state index is 0.131. The number of hydrogen-bond acceptors (Lipinski definition) is 4. The van der Waals surface area contributed by atoms with E-state index in [9.17, 15) is 26.4 Å². The highest BCUT2D eigenvalue weighted by molar-refractivity contribution is 7.89. The molecular weight excluding hydrogens is 307 g/mol. The van der Waals surface area contributed by atoms with Crippen molar-refractivity contribution in [1.82, 2.24) is 4.31 Å². The zero-order valence-electron chi connectivity index (χ0n) is 9.85. The van der Waals surface area contributed by atoms with Crippen LogP contribution in [0.3, 0.4) is 0 Å². The number of thiophene rings is 1. The van der Waals surface area contributed by atoms with Gasteiger partial charge in [0.1, 0.15) is 11.4 Å². The zero-order valence-corrected chi connectivity index (χ0v) is 11.5. The molecule has 0 fully saturated rings. The lowest BCUT2D eigenvalue weighted by atomic mass is 10.4. The van der Waals surface area contributed by atoms with Gasteiger partial charge in [-0.3, -0.25) is 0 Å². The van der Waals surface area contributed by atoms with Crippen LogP contribution in [0.15, 0.2) is 11.0 Å². The van der Waals surface area contributed by atoms with Crippen molar-refractivity contribution in [2.45, 2.75) is 18.0 Å². The molecule has 1 heterocycles. The van der Waals surface area contributed by atoms with Crippen molar-refractivity contribution < 1.29 is 31.5 Å². The number of alkyl halides is 3. The van der Waals surface area contributed by atoms with Crippen LogP contribution in [-0.2, 0) is 10.0 Å². The van der Waals surface area contributed by atoms with Gasteiger partial charge in [0, 0.05) is 11.9 Å². The van der Waals surface area contributed by atoms with Crippen LogP contribution in [0.5, 0.6) is 0 Å². The summed E-state index contributed by atoms with van der Waals surface area (Å²) in [6, 6.07) is 0.866. The van der Waals surface area contributed by atoms with E-state index in [0.29, 0.717) is 11.3 Å². The van der Waals surface area contributed by atoms with Crippen LogP contribution in [0.25, 0.3) is 0 Å². The minimum Gasteiger partial charge on any atom is -0.477 e. The highest BCUT2D eigenvalue weighted by atomic mass is 32.2. The Morgan fingerprint density at radius 3 is 2.37 bits per heavy atom. The van der Waals surface area contributed by atoms with Gasteiger partial charge in [0.05, 0.1) is 4.90 Å². The van der Waals surface area contributed by atoms with Crippen molar-refractivity contribution in [2.24, 2.45) is 0 Å². The standard InChI is InChI=1S/C9H10F3NO4S2/c1-5-7(3-6(18-5)8(14)15)19(16,17)13(2)4-9(10,11)12/h3H,4H2,1-2H3,(H,14,15). The first-order valence-electron chi connectivity index (χ1n) is 4.82. The van der Waals surface area contributed by atoms with E-state index in [1.807, 2.05) is 0 Å². The first kappa shape index (κ1) is 15.9. The van der Waals surface area contributed by atoms with Gasteiger partial charge in [0.2, 0.25) is 10.0 Å². The summed E-state index contributed by atoms with van der Waals surface area (Å²) in [5, 5.41) is 8.74. The molecule has 0 amide bonds. The highest BCUT2D eigenvalue weighted by Gasteiger charge is 2.36. The molecule has 1 aromatic rings. The number of hydrogen-bond donors (Lipinski definition) is 1. The lowest BCUT2D eigenvalue weighted by Crippen LogP contribution is -2.35. The number of aromatic carboxylic acids is 1. The molecule has 0 radical (unpaired) electrons. The van der Waals surface area contributed by atoms with Crippen LogP contribution in [0, 0.1) is 6.92 Å². The summed E-state index contributed by atoms with van der Waals surface area (Å²) < 4.78 is 60.5. The summed E-state index contributed by atoms with van der Waals surface area (Å²) in [6.45, 7) is -0.293. The first-order chi connectivity index (χ1) is 8.45. The summed E-state index contributed by atoms with van der Waals surface area (Å²) >= 11 is 0.698. The van der Waals surface area contributed by atoms with E-state index in [0.717, 1.165) is 13.1 Å². The van der Waals surface area contributed by atoms with Crippen LogP contribution in [0.1, 0.15) is 14.5 Å². The number of rotatable bonds is 4. The van der Waals surface area contributed by atoms with Crippen molar-refractivity contribution in [1.29, 1.82) is 0 Å². The monoisotopic (exact) mass is 317 g/mol. The molecule has 19 heavy (non-hydrogen) atoms. The lowest BCUT2D eigenvalue weighted by molar-refractivity contribution is -0.134. The number of carbonyl (C=O) groups is 1. The van der Waals surface area contributed by atoms with E-state index in [1.54, 1.807) is 0 Å². The summed E-state index contributed by atoms with van der Waals surface area (Å²) in [4.78, 5) is 10.2. The van der Waals surface area contributed by atoms with E-state index in [1.165, 1.54) is 6.92 Å². The Balaban J connectivity index is 3.17. The largest absolute Gasteiger partial charge is 0.477 e. The molecule has 0 saturated carbocycles. The quantitative estimate of drug-likeness (QED) is 0.921. The van der Waals surface area contributed by atoms with Crippen molar-refractivity contribution >= 4 is 27.3 Å². The lowest BCUT2D eigenvalue weighted by Gasteiger charge is -2.18. The molecular formula is C9H10F3NO4S2. The molecule has 0 bridgehead atoms. The maximum atomic E-state index is 12.2. The van der Waals surface area contributed by atoms with Gasteiger partial charge in [-0.25, -0.2) is 13.2 Å². The van der Waals surface area contributed by atoms with E-state index in [4.69, 9.17) is 5.11 Å². The summed E-state index contributed by atoms with van der Waals surface area (Å²) in [5.41, 5.74) is 0. The van der Waals surface area contributed by atoms with Gasteiger partial charge >= 0.3 is 12.1 Å². The Bertz CT molecular complexity index is 591. The molecule has 108 valence electrons. The molecule has 1 N–H and O–H groups in total. The third-order valence-electron chi connectivity index (χ3n) is 2.17. The third-order valence-corrected chi connectivity index (χ3v) is 5.27. The first-order valence-corrected chi connectivity index (χ1v) is 7.07. The van der Waals surface area contributed by atoms with Gasteiger partial charge in [0.15, 0.2) is 0 Å². The van der Waals surface area contributed by atoms with Gasteiger partial charge in [0.25, 0.3) is 0 Å².